The summed E-state index contributed by atoms with van der Waals surface area (Å²) in [5.74, 6) is 1.09. The molecule has 0 bridgehead atoms. The minimum atomic E-state index is -0.282. The van der Waals surface area contributed by atoms with E-state index in [-0.39, 0.29) is 18.1 Å². The molecule has 4 heterocycles. The van der Waals surface area contributed by atoms with E-state index in [1.54, 1.807) is 29.5 Å². The number of aromatic nitrogens is 7. The Balaban J connectivity index is 1.57. The molecule has 0 spiro atoms. The average molecular weight is 442 g/mol. The maximum atomic E-state index is 9.90. The molecule has 1 aliphatic rings. The number of nitrogens with one attached hydrogen (secondary N) is 1. The number of aliphatic hydroxyl groups excluding tert-OH is 1. The summed E-state index contributed by atoms with van der Waals surface area (Å²) < 4.78 is 1.62. The Morgan fingerprint density at radius 2 is 1.97 bits per heavy atom. The van der Waals surface area contributed by atoms with Crippen LogP contribution in [-0.4, -0.2) is 52.0 Å². The van der Waals surface area contributed by atoms with Crippen LogP contribution in [0.2, 0.25) is 0 Å². The molecule has 4 N–H and O–H groups in total. The van der Waals surface area contributed by atoms with Gasteiger partial charge in [0.2, 0.25) is 0 Å². The van der Waals surface area contributed by atoms with Crippen molar-refractivity contribution in [2.75, 3.05) is 11.1 Å². The predicted molar refractivity (Wildman–Crippen MR) is 123 cm³/mol. The van der Waals surface area contributed by atoms with Gasteiger partial charge in [0.05, 0.1) is 18.0 Å². The van der Waals surface area contributed by atoms with E-state index in [0.29, 0.717) is 41.2 Å². The highest BCUT2D eigenvalue weighted by Gasteiger charge is 2.24. The van der Waals surface area contributed by atoms with Gasteiger partial charge >= 0.3 is 5.95 Å². The van der Waals surface area contributed by atoms with Gasteiger partial charge in [-0.05, 0) is 25.7 Å². The molecule has 1 fully saturated rings. The van der Waals surface area contributed by atoms with Gasteiger partial charge in [0.25, 0.3) is 0 Å². The van der Waals surface area contributed by atoms with Gasteiger partial charge in [-0.15, -0.1) is 6.57 Å². The fourth-order valence-corrected chi connectivity index (χ4v) is 4.04. The van der Waals surface area contributed by atoms with Crippen LogP contribution in [0.5, 0.6) is 0 Å². The van der Waals surface area contributed by atoms with Crippen molar-refractivity contribution in [1.29, 1.82) is 0 Å². The van der Waals surface area contributed by atoms with Crippen molar-refractivity contribution < 1.29 is 5.11 Å². The van der Waals surface area contributed by atoms with E-state index in [4.69, 9.17) is 22.3 Å². The van der Waals surface area contributed by atoms with Crippen LogP contribution in [0.15, 0.2) is 31.0 Å². The van der Waals surface area contributed by atoms with Crippen LogP contribution in [0.3, 0.4) is 0 Å². The number of pyridine rings is 1. The number of anilines is 2. The lowest BCUT2D eigenvalue weighted by atomic mass is 10.1. The third-order valence-electron chi connectivity index (χ3n) is 5.76. The van der Waals surface area contributed by atoms with Crippen molar-refractivity contribution in [3.8, 4) is 16.8 Å². The second kappa shape index (κ2) is 8.40. The summed E-state index contributed by atoms with van der Waals surface area (Å²) in [5.41, 5.74) is 10.3. The predicted octanol–water partition coefficient (Wildman–Crippen LogP) is 2.69. The molecule has 1 aliphatic carbocycles. The van der Waals surface area contributed by atoms with Crippen molar-refractivity contribution in [3.05, 3.63) is 48.1 Å². The summed E-state index contributed by atoms with van der Waals surface area (Å²) in [7, 11) is 0. The molecule has 0 aromatic carbocycles. The first-order chi connectivity index (χ1) is 16.1. The van der Waals surface area contributed by atoms with Crippen LogP contribution >= 0.6 is 0 Å². The van der Waals surface area contributed by atoms with E-state index in [1.807, 2.05) is 13.1 Å². The Morgan fingerprint density at radius 1 is 1.15 bits per heavy atom. The fourth-order valence-electron chi connectivity index (χ4n) is 4.04. The topological polar surface area (TPSA) is 145 Å². The number of nitrogens with zero attached hydrogens (tertiary/aromatic N) is 8. The molecular formula is C22H22N10O. The van der Waals surface area contributed by atoms with Crippen LogP contribution < -0.4 is 11.1 Å². The molecule has 166 valence electrons. The third kappa shape index (κ3) is 3.92. The number of nitrogen functional groups attached to an aromatic ring is 1. The Hall–Kier alpha value is -4.17. The van der Waals surface area contributed by atoms with E-state index in [2.05, 4.69) is 30.2 Å². The molecular weight excluding hydrogens is 420 g/mol. The van der Waals surface area contributed by atoms with E-state index in [0.717, 1.165) is 29.7 Å². The van der Waals surface area contributed by atoms with Crippen molar-refractivity contribution in [2.45, 2.75) is 44.8 Å². The van der Waals surface area contributed by atoms with E-state index in [9.17, 15) is 5.11 Å². The maximum absolute atomic E-state index is 9.90. The largest absolute Gasteiger partial charge is 0.394 e. The molecule has 0 radical (unpaired) electrons. The fraction of sp³-hybridized carbons (Fsp3) is 0.318. The summed E-state index contributed by atoms with van der Waals surface area (Å²) in [6.07, 6.45) is 11.0. The van der Waals surface area contributed by atoms with Gasteiger partial charge in [0.15, 0.2) is 5.82 Å². The van der Waals surface area contributed by atoms with E-state index in [1.165, 1.54) is 0 Å². The molecule has 33 heavy (non-hydrogen) atoms. The summed E-state index contributed by atoms with van der Waals surface area (Å²) in [6.45, 7) is 9.00. The zero-order valence-corrected chi connectivity index (χ0v) is 18.0. The monoisotopic (exact) mass is 442 g/mol. The molecule has 0 amide bonds. The first-order valence-corrected chi connectivity index (χ1v) is 10.7. The molecule has 1 saturated carbocycles. The number of hydrogen-bond acceptors (Lipinski definition) is 9. The smallest absolute Gasteiger partial charge is 0.371 e. The average Bonchev–Trinajstić information content (AvgIpc) is 3.48. The number of aryl methyl sites for hydroxylation is 1. The quantitative estimate of drug-likeness (QED) is 0.397. The van der Waals surface area contributed by atoms with E-state index < -0.39 is 0 Å². The normalized spacial score (nSPS) is 17.8. The highest BCUT2D eigenvalue weighted by Crippen LogP contribution is 2.32. The van der Waals surface area contributed by atoms with Gasteiger partial charge in [0.1, 0.15) is 34.9 Å². The van der Waals surface area contributed by atoms with Crippen molar-refractivity contribution in [3.63, 3.8) is 0 Å². The lowest BCUT2D eigenvalue weighted by Gasteiger charge is -2.17. The van der Waals surface area contributed by atoms with Gasteiger partial charge in [-0.1, -0.05) is 6.92 Å². The molecule has 5 rings (SSSR count). The number of fused-ring (bicyclic) bond motifs is 1. The second-order valence-corrected chi connectivity index (χ2v) is 7.96. The molecule has 0 saturated heterocycles. The Bertz CT molecular complexity index is 1360. The maximum Gasteiger partial charge on any atom is 0.371 e. The third-order valence-corrected chi connectivity index (χ3v) is 5.76. The van der Waals surface area contributed by atoms with Gasteiger partial charge < -0.3 is 21.0 Å². The van der Waals surface area contributed by atoms with Gasteiger partial charge in [-0.2, -0.15) is 15.1 Å². The molecule has 11 nitrogen and oxygen atoms in total. The van der Waals surface area contributed by atoms with Crippen LogP contribution in [0.4, 0.5) is 17.6 Å². The van der Waals surface area contributed by atoms with Crippen LogP contribution in [0.1, 0.15) is 31.9 Å². The SMILES string of the molecule is [C-]#[N+]c1ncc(-n2cc(-c3cnc(N)c4nc(CC)c(N[C@@H]5CC[C@H](O)C5)nc34)cn2)cn1. The molecule has 4 aromatic heterocycles. The van der Waals surface area contributed by atoms with E-state index >= 15 is 0 Å². The highest BCUT2D eigenvalue weighted by molar-refractivity contribution is 5.96. The first kappa shape index (κ1) is 20.7. The zero-order chi connectivity index (χ0) is 22.9. The molecule has 11 heteroatoms. The standard InChI is InChI=1S/C22H22N10O/c1-3-17-21(29-13-4-5-15(33)6-13)31-18-16(10-25-20(23)19(18)30-17)12-7-28-32(11-12)14-8-26-22(24-2)27-9-14/h7-11,13,15,33H,3-6H2,1H3,(H2,23,25)(H,29,31)/t13-,15+/m1/s1. The zero-order valence-electron chi connectivity index (χ0n) is 18.0. The van der Waals surface area contributed by atoms with Crippen LogP contribution in [-0.2, 0) is 6.42 Å². The van der Waals surface area contributed by atoms with Crippen molar-refractivity contribution in [2.24, 2.45) is 0 Å². The Kier molecular flexibility index (Phi) is 5.27. The minimum Gasteiger partial charge on any atom is -0.394 e. The number of nitrogens with two attached hydrogens (primary N) is 1. The Morgan fingerprint density at radius 3 is 2.67 bits per heavy atom. The first-order valence-electron chi connectivity index (χ1n) is 10.7. The summed E-state index contributed by atoms with van der Waals surface area (Å²) in [5, 5.41) is 17.8. The van der Waals surface area contributed by atoms with Gasteiger partial charge in [-0.25, -0.2) is 19.6 Å². The molecule has 4 aromatic rings. The van der Waals surface area contributed by atoms with Gasteiger partial charge in [0, 0.05) is 29.6 Å². The number of rotatable bonds is 5. The Labute approximate surface area is 189 Å². The second-order valence-electron chi connectivity index (χ2n) is 7.96. The highest BCUT2D eigenvalue weighted by atomic mass is 16.3. The lowest BCUT2D eigenvalue weighted by molar-refractivity contribution is 0.182. The minimum absolute atomic E-state index is 0.0803. The van der Waals surface area contributed by atoms with Crippen molar-refractivity contribution in [1.82, 2.24) is 34.7 Å². The number of hydrogen-bond donors (Lipinski definition) is 3. The number of aliphatic hydroxyl groups is 1. The molecule has 0 unspecified atom stereocenters. The van der Waals surface area contributed by atoms with Gasteiger partial charge in [-0.3, -0.25) is 0 Å². The molecule has 2 atom stereocenters. The van der Waals surface area contributed by atoms with Crippen LogP contribution in [0, 0.1) is 6.57 Å². The van der Waals surface area contributed by atoms with Crippen LogP contribution in [0.25, 0.3) is 32.7 Å². The molecule has 0 aliphatic heterocycles. The van der Waals surface area contributed by atoms with Crippen molar-refractivity contribution >= 4 is 28.6 Å². The summed E-state index contributed by atoms with van der Waals surface area (Å²) in [4.78, 5) is 25.2. The summed E-state index contributed by atoms with van der Waals surface area (Å²) in [6, 6.07) is 0.154. The lowest BCUT2D eigenvalue weighted by Crippen LogP contribution is -2.19. The summed E-state index contributed by atoms with van der Waals surface area (Å²) >= 11 is 0.